The lowest BCUT2D eigenvalue weighted by Crippen LogP contribution is -2.32. The van der Waals surface area contributed by atoms with Gasteiger partial charge in [-0.05, 0) is 37.7 Å². The lowest BCUT2D eigenvalue weighted by molar-refractivity contribution is 0.402. The molecule has 7 heteroatoms. The fraction of sp³-hybridized carbons (Fsp3) is 0.571. The summed E-state index contributed by atoms with van der Waals surface area (Å²) in [5.41, 5.74) is 7.01. The first kappa shape index (κ1) is 18.4. The Morgan fingerprint density at radius 3 is 2.24 bits per heavy atom. The highest BCUT2D eigenvalue weighted by atomic mass is 35.5. The normalized spacial score (nSPS) is 23.3. The molecule has 1 fully saturated rings. The van der Waals surface area contributed by atoms with Crippen molar-refractivity contribution in [2.45, 2.75) is 24.4 Å². The molecule has 0 spiro atoms. The second-order valence-electron chi connectivity index (χ2n) is 5.84. The first-order valence-corrected chi connectivity index (χ1v) is 8.24. The fourth-order valence-corrected chi connectivity index (χ4v) is 4.00. The topological polar surface area (TPSA) is 66.6 Å². The summed E-state index contributed by atoms with van der Waals surface area (Å²) in [5.74, 6) is 0.206. The summed E-state index contributed by atoms with van der Waals surface area (Å²) in [6.45, 7) is 3.69. The van der Waals surface area contributed by atoms with Gasteiger partial charge in [-0.15, -0.1) is 12.4 Å². The standard InChI is InChI=1S/C14H23N3O2S.ClH/c1-11-8-17(10-14(11)15)20(18,19)13-6-4-12(5-7-13)9-16(2)3;/h4-7,11,14H,8-10,15H2,1-3H3;1H. The second-order valence-corrected chi connectivity index (χ2v) is 7.78. The zero-order valence-corrected chi connectivity index (χ0v) is 14.3. The average Bonchev–Trinajstić information content (AvgIpc) is 2.70. The van der Waals surface area contributed by atoms with Gasteiger partial charge in [0.2, 0.25) is 10.0 Å². The molecule has 1 aromatic carbocycles. The molecule has 0 amide bonds. The van der Waals surface area contributed by atoms with Gasteiger partial charge in [0.05, 0.1) is 4.90 Å². The van der Waals surface area contributed by atoms with Gasteiger partial charge in [0.25, 0.3) is 0 Å². The van der Waals surface area contributed by atoms with Gasteiger partial charge in [-0.2, -0.15) is 4.31 Å². The summed E-state index contributed by atoms with van der Waals surface area (Å²) in [4.78, 5) is 2.39. The molecule has 120 valence electrons. The summed E-state index contributed by atoms with van der Waals surface area (Å²) < 4.78 is 26.5. The SMILES string of the molecule is CC1CN(S(=O)(=O)c2ccc(CN(C)C)cc2)CC1N.Cl. The van der Waals surface area contributed by atoms with Crippen molar-refractivity contribution in [3.63, 3.8) is 0 Å². The fourth-order valence-electron chi connectivity index (χ4n) is 2.42. The summed E-state index contributed by atoms with van der Waals surface area (Å²) in [7, 11) is 0.558. The van der Waals surface area contributed by atoms with E-state index in [9.17, 15) is 8.42 Å². The molecule has 1 aliphatic heterocycles. The van der Waals surface area contributed by atoms with E-state index in [1.54, 1.807) is 12.1 Å². The van der Waals surface area contributed by atoms with Crippen molar-refractivity contribution in [3.8, 4) is 0 Å². The van der Waals surface area contributed by atoms with E-state index in [0.29, 0.717) is 18.0 Å². The molecular weight excluding hydrogens is 310 g/mol. The molecular formula is C14H24ClN3O2S. The molecule has 0 saturated carbocycles. The number of rotatable bonds is 4. The average molecular weight is 334 g/mol. The summed E-state index contributed by atoms with van der Waals surface area (Å²) >= 11 is 0. The van der Waals surface area contributed by atoms with Crippen LogP contribution in [-0.4, -0.2) is 50.8 Å². The molecule has 0 radical (unpaired) electrons. The van der Waals surface area contributed by atoms with Gasteiger partial charge in [0.15, 0.2) is 0 Å². The highest BCUT2D eigenvalue weighted by Gasteiger charge is 2.35. The minimum absolute atomic E-state index is 0. The van der Waals surface area contributed by atoms with Crippen LogP contribution in [0.2, 0.25) is 0 Å². The van der Waals surface area contributed by atoms with Crippen LogP contribution in [0.3, 0.4) is 0 Å². The first-order chi connectivity index (χ1) is 9.30. The van der Waals surface area contributed by atoms with Crippen molar-refractivity contribution in [3.05, 3.63) is 29.8 Å². The van der Waals surface area contributed by atoms with Gasteiger partial charge in [-0.25, -0.2) is 8.42 Å². The van der Waals surface area contributed by atoms with E-state index in [4.69, 9.17) is 5.73 Å². The molecule has 2 N–H and O–H groups in total. The summed E-state index contributed by atoms with van der Waals surface area (Å²) in [6.07, 6.45) is 0. The molecule has 2 atom stereocenters. The van der Waals surface area contributed by atoms with Crippen LogP contribution >= 0.6 is 12.4 Å². The third kappa shape index (κ3) is 4.17. The van der Waals surface area contributed by atoms with Crippen LogP contribution in [0.25, 0.3) is 0 Å². The molecule has 5 nitrogen and oxygen atoms in total. The molecule has 1 aromatic rings. The van der Waals surface area contributed by atoms with Crippen molar-refractivity contribution >= 4 is 22.4 Å². The Bertz CT molecular complexity index is 550. The number of nitrogens with zero attached hydrogens (tertiary/aromatic N) is 2. The van der Waals surface area contributed by atoms with Gasteiger partial charge in [0, 0.05) is 25.7 Å². The lowest BCUT2D eigenvalue weighted by atomic mass is 10.1. The van der Waals surface area contributed by atoms with Gasteiger partial charge in [-0.1, -0.05) is 19.1 Å². The van der Waals surface area contributed by atoms with Gasteiger partial charge >= 0.3 is 0 Å². The Morgan fingerprint density at radius 2 is 1.81 bits per heavy atom. The Balaban J connectivity index is 0.00000220. The predicted octanol–water partition coefficient (Wildman–Crippen LogP) is 1.14. The Labute approximate surface area is 133 Å². The zero-order valence-electron chi connectivity index (χ0n) is 12.7. The maximum Gasteiger partial charge on any atom is 0.243 e. The molecule has 2 unspecified atom stereocenters. The van der Waals surface area contributed by atoms with E-state index >= 15 is 0 Å². The Hall–Kier alpha value is -0.660. The number of hydrogen-bond donors (Lipinski definition) is 1. The minimum atomic E-state index is -3.41. The van der Waals surface area contributed by atoms with E-state index < -0.39 is 10.0 Å². The van der Waals surface area contributed by atoms with Crippen molar-refractivity contribution in [1.29, 1.82) is 0 Å². The predicted molar refractivity (Wildman–Crippen MR) is 87.0 cm³/mol. The quantitative estimate of drug-likeness (QED) is 0.897. The zero-order chi connectivity index (χ0) is 14.9. The maximum atomic E-state index is 12.5. The van der Waals surface area contributed by atoms with Crippen molar-refractivity contribution in [2.75, 3.05) is 27.2 Å². The third-order valence-electron chi connectivity index (χ3n) is 3.70. The second kappa shape index (κ2) is 7.07. The van der Waals surface area contributed by atoms with Crippen molar-refractivity contribution < 1.29 is 8.42 Å². The smallest absolute Gasteiger partial charge is 0.243 e. The van der Waals surface area contributed by atoms with Crippen LogP contribution in [0.4, 0.5) is 0 Å². The Kier molecular flexibility index (Phi) is 6.19. The molecule has 0 bridgehead atoms. The third-order valence-corrected chi connectivity index (χ3v) is 5.54. The molecule has 0 aromatic heterocycles. The minimum Gasteiger partial charge on any atom is -0.326 e. The van der Waals surface area contributed by atoms with Crippen LogP contribution in [-0.2, 0) is 16.6 Å². The van der Waals surface area contributed by atoms with Crippen LogP contribution in [0.1, 0.15) is 12.5 Å². The summed E-state index contributed by atoms with van der Waals surface area (Å²) in [5, 5.41) is 0. The number of nitrogens with two attached hydrogens (primary N) is 1. The van der Waals surface area contributed by atoms with E-state index in [1.807, 2.05) is 38.1 Å². The number of sulfonamides is 1. The Morgan fingerprint density at radius 1 is 1.24 bits per heavy atom. The van der Waals surface area contributed by atoms with E-state index in [-0.39, 0.29) is 24.4 Å². The molecule has 1 heterocycles. The monoisotopic (exact) mass is 333 g/mol. The van der Waals surface area contributed by atoms with Gasteiger partial charge in [-0.3, -0.25) is 0 Å². The van der Waals surface area contributed by atoms with E-state index in [1.165, 1.54) is 4.31 Å². The van der Waals surface area contributed by atoms with Crippen LogP contribution in [0.15, 0.2) is 29.2 Å². The van der Waals surface area contributed by atoms with Crippen LogP contribution in [0.5, 0.6) is 0 Å². The number of halogens is 1. The summed E-state index contributed by atoms with van der Waals surface area (Å²) in [6, 6.07) is 7.03. The largest absolute Gasteiger partial charge is 0.326 e. The maximum absolute atomic E-state index is 12.5. The number of benzene rings is 1. The van der Waals surface area contributed by atoms with Crippen molar-refractivity contribution in [2.24, 2.45) is 11.7 Å². The van der Waals surface area contributed by atoms with Crippen LogP contribution < -0.4 is 5.73 Å². The molecule has 21 heavy (non-hydrogen) atoms. The van der Waals surface area contributed by atoms with E-state index in [0.717, 1.165) is 12.1 Å². The molecule has 1 aliphatic rings. The highest BCUT2D eigenvalue weighted by Crippen LogP contribution is 2.23. The highest BCUT2D eigenvalue weighted by molar-refractivity contribution is 7.89. The van der Waals surface area contributed by atoms with E-state index in [2.05, 4.69) is 0 Å². The molecule has 0 aliphatic carbocycles. The van der Waals surface area contributed by atoms with Crippen molar-refractivity contribution in [1.82, 2.24) is 9.21 Å². The lowest BCUT2D eigenvalue weighted by Gasteiger charge is -2.16. The molecule has 2 rings (SSSR count). The first-order valence-electron chi connectivity index (χ1n) is 6.80. The molecule has 1 saturated heterocycles. The van der Waals surface area contributed by atoms with Gasteiger partial charge in [0.1, 0.15) is 0 Å². The number of hydrogen-bond acceptors (Lipinski definition) is 4. The van der Waals surface area contributed by atoms with Gasteiger partial charge < -0.3 is 10.6 Å². The van der Waals surface area contributed by atoms with Crippen LogP contribution in [0, 0.1) is 5.92 Å².